The maximum Gasteiger partial charge on any atom is 0.266 e. The van der Waals surface area contributed by atoms with Crippen LogP contribution >= 0.6 is 35.6 Å². The van der Waals surface area contributed by atoms with E-state index in [4.69, 9.17) is 23.8 Å². The molecule has 1 atom stereocenters. The Bertz CT molecular complexity index is 950. The molecule has 1 aliphatic rings. The number of aliphatic hydroxyl groups excluding tert-OH is 1. The Labute approximate surface area is 183 Å². The van der Waals surface area contributed by atoms with Gasteiger partial charge in [-0.3, -0.25) is 14.5 Å². The topological polar surface area (TPSA) is 69.6 Å². The van der Waals surface area contributed by atoms with Crippen LogP contribution in [0.3, 0.4) is 0 Å². The van der Waals surface area contributed by atoms with E-state index in [1.54, 1.807) is 18.2 Å². The number of carbonyl (C=O) groups is 2. The van der Waals surface area contributed by atoms with Gasteiger partial charge in [-0.05, 0) is 29.7 Å². The summed E-state index contributed by atoms with van der Waals surface area (Å²) in [4.78, 5) is 26.8. The SMILES string of the molecule is O=C(CN1C(=O)/C(=C\c2ccccc2Cl)SC1=S)NC(CO)Cc1ccccc1. The number of nitrogens with one attached hydrogen (secondary N) is 1. The lowest BCUT2D eigenvalue weighted by Crippen LogP contribution is -2.45. The molecule has 0 radical (unpaired) electrons. The molecule has 0 spiro atoms. The van der Waals surface area contributed by atoms with Crippen molar-refractivity contribution in [3.05, 3.63) is 75.7 Å². The van der Waals surface area contributed by atoms with Gasteiger partial charge in [-0.2, -0.15) is 0 Å². The van der Waals surface area contributed by atoms with Crippen molar-refractivity contribution in [1.29, 1.82) is 0 Å². The van der Waals surface area contributed by atoms with E-state index in [1.807, 2.05) is 42.5 Å². The lowest BCUT2D eigenvalue weighted by atomic mass is 10.1. The Morgan fingerprint density at radius 3 is 2.59 bits per heavy atom. The summed E-state index contributed by atoms with van der Waals surface area (Å²) in [7, 11) is 0. The van der Waals surface area contributed by atoms with Crippen LogP contribution in [0, 0.1) is 0 Å². The molecule has 0 aliphatic carbocycles. The number of hydrogen-bond donors (Lipinski definition) is 2. The Balaban J connectivity index is 1.63. The van der Waals surface area contributed by atoms with E-state index < -0.39 is 6.04 Å². The molecule has 2 aromatic rings. The van der Waals surface area contributed by atoms with E-state index in [2.05, 4.69) is 5.32 Å². The van der Waals surface area contributed by atoms with Crippen LogP contribution in [0.4, 0.5) is 0 Å². The number of rotatable bonds is 7. The van der Waals surface area contributed by atoms with Gasteiger partial charge in [-0.25, -0.2) is 0 Å². The highest BCUT2D eigenvalue weighted by Gasteiger charge is 2.33. The molecule has 2 aromatic carbocycles. The van der Waals surface area contributed by atoms with Crippen LogP contribution in [0.15, 0.2) is 59.5 Å². The molecule has 1 saturated heterocycles. The van der Waals surface area contributed by atoms with Crippen molar-refractivity contribution < 1.29 is 14.7 Å². The third-order valence-electron chi connectivity index (χ3n) is 4.28. The molecular weight excluding hydrogens is 428 g/mol. The highest BCUT2D eigenvalue weighted by atomic mass is 35.5. The van der Waals surface area contributed by atoms with Crippen LogP contribution in [-0.2, 0) is 16.0 Å². The monoisotopic (exact) mass is 446 g/mol. The van der Waals surface area contributed by atoms with E-state index in [1.165, 1.54) is 4.90 Å². The number of thioether (sulfide) groups is 1. The van der Waals surface area contributed by atoms with Gasteiger partial charge in [0.15, 0.2) is 0 Å². The lowest BCUT2D eigenvalue weighted by Gasteiger charge is -2.19. The molecule has 1 heterocycles. The summed E-state index contributed by atoms with van der Waals surface area (Å²) < 4.78 is 0.312. The number of nitrogens with zero attached hydrogens (tertiary/aromatic N) is 1. The second-order valence-corrected chi connectivity index (χ2v) is 8.51. The molecule has 1 fully saturated rings. The Hall–Kier alpha value is -2.19. The minimum atomic E-state index is -0.443. The molecule has 1 unspecified atom stereocenters. The second kappa shape index (κ2) is 10.0. The number of carbonyl (C=O) groups excluding carboxylic acids is 2. The second-order valence-electron chi connectivity index (χ2n) is 6.43. The zero-order valence-corrected chi connectivity index (χ0v) is 17.8. The van der Waals surface area contributed by atoms with Crippen LogP contribution in [0.5, 0.6) is 0 Å². The average molecular weight is 447 g/mol. The van der Waals surface area contributed by atoms with E-state index in [-0.39, 0.29) is 25.0 Å². The third kappa shape index (κ3) is 5.67. The summed E-state index contributed by atoms with van der Waals surface area (Å²) in [6.07, 6.45) is 2.17. The molecular formula is C21H19ClN2O3S2. The minimum absolute atomic E-state index is 0.199. The van der Waals surface area contributed by atoms with Gasteiger partial charge in [-0.1, -0.05) is 84.1 Å². The first-order valence-corrected chi connectivity index (χ1v) is 10.5. The first kappa shape index (κ1) is 21.5. The van der Waals surface area contributed by atoms with Crippen molar-refractivity contribution in [2.24, 2.45) is 0 Å². The van der Waals surface area contributed by atoms with Crippen LogP contribution in [0.1, 0.15) is 11.1 Å². The number of halogens is 1. The van der Waals surface area contributed by atoms with Crippen molar-refractivity contribution in [2.45, 2.75) is 12.5 Å². The summed E-state index contributed by atoms with van der Waals surface area (Å²) in [6.45, 7) is -0.402. The van der Waals surface area contributed by atoms with Gasteiger partial charge in [0, 0.05) is 5.02 Å². The van der Waals surface area contributed by atoms with Gasteiger partial charge in [0.1, 0.15) is 10.9 Å². The first-order valence-electron chi connectivity index (χ1n) is 8.92. The lowest BCUT2D eigenvalue weighted by molar-refractivity contribution is -0.129. The van der Waals surface area contributed by atoms with Crippen molar-refractivity contribution in [3.63, 3.8) is 0 Å². The summed E-state index contributed by atoms with van der Waals surface area (Å²) in [5.41, 5.74) is 1.71. The predicted octanol–water partition coefficient (Wildman–Crippen LogP) is 3.26. The van der Waals surface area contributed by atoms with E-state index >= 15 is 0 Å². The molecule has 3 rings (SSSR count). The highest BCUT2D eigenvalue weighted by Crippen LogP contribution is 2.33. The molecule has 29 heavy (non-hydrogen) atoms. The van der Waals surface area contributed by atoms with Gasteiger partial charge >= 0.3 is 0 Å². The predicted molar refractivity (Wildman–Crippen MR) is 120 cm³/mol. The molecule has 2 amide bonds. The van der Waals surface area contributed by atoms with Crippen molar-refractivity contribution >= 4 is 57.8 Å². The minimum Gasteiger partial charge on any atom is -0.394 e. The fraction of sp³-hybridized carbons (Fsp3) is 0.190. The van der Waals surface area contributed by atoms with Gasteiger partial charge in [0.25, 0.3) is 5.91 Å². The normalized spacial score (nSPS) is 16.3. The smallest absolute Gasteiger partial charge is 0.266 e. The van der Waals surface area contributed by atoms with Crippen LogP contribution in [0.2, 0.25) is 5.02 Å². The van der Waals surface area contributed by atoms with Crippen LogP contribution in [-0.4, -0.2) is 45.3 Å². The van der Waals surface area contributed by atoms with Crippen LogP contribution < -0.4 is 5.32 Å². The molecule has 0 saturated carbocycles. The molecule has 0 aromatic heterocycles. The van der Waals surface area contributed by atoms with Crippen molar-refractivity contribution in [1.82, 2.24) is 10.2 Å². The maximum absolute atomic E-state index is 12.7. The molecule has 5 nitrogen and oxygen atoms in total. The van der Waals surface area contributed by atoms with E-state index in [9.17, 15) is 14.7 Å². The molecule has 2 N–H and O–H groups in total. The zero-order chi connectivity index (χ0) is 20.8. The van der Waals surface area contributed by atoms with Gasteiger partial charge in [0.05, 0.1) is 17.6 Å². The van der Waals surface area contributed by atoms with Gasteiger partial charge < -0.3 is 10.4 Å². The van der Waals surface area contributed by atoms with E-state index in [0.29, 0.717) is 26.2 Å². The summed E-state index contributed by atoms with van der Waals surface area (Å²) in [5.74, 6) is -0.714. The quantitative estimate of drug-likeness (QED) is 0.504. The standard InChI is InChI=1S/C21H19ClN2O3S2/c22-17-9-5-4-8-15(17)11-18-20(27)24(21(28)29-18)12-19(26)23-16(13-25)10-14-6-2-1-3-7-14/h1-9,11,16,25H,10,12-13H2,(H,23,26)/b18-11+. The van der Waals surface area contributed by atoms with Crippen LogP contribution in [0.25, 0.3) is 6.08 Å². The Morgan fingerprint density at radius 2 is 1.90 bits per heavy atom. The molecule has 150 valence electrons. The number of amides is 2. The highest BCUT2D eigenvalue weighted by molar-refractivity contribution is 8.26. The zero-order valence-electron chi connectivity index (χ0n) is 15.4. The van der Waals surface area contributed by atoms with Gasteiger partial charge in [0.2, 0.25) is 5.91 Å². The summed E-state index contributed by atoms with van der Waals surface area (Å²) in [5, 5.41) is 12.9. The third-order valence-corrected chi connectivity index (χ3v) is 6.00. The number of benzene rings is 2. The fourth-order valence-electron chi connectivity index (χ4n) is 2.85. The number of thiocarbonyl (C=S) groups is 1. The fourth-order valence-corrected chi connectivity index (χ4v) is 4.28. The van der Waals surface area contributed by atoms with E-state index in [0.717, 1.165) is 17.3 Å². The van der Waals surface area contributed by atoms with Gasteiger partial charge in [-0.15, -0.1) is 0 Å². The van der Waals surface area contributed by atoms with Crippen molar-refractivity contribution in [3.8, 4) is 0 Å². The maximum atomic E-state index is 12.7. The number of hydrogen-bond acceptors (Lipinski definition) is 5. The Kier molecular flexibility index (Phi) is 7.44. The molecule has 8 heteroatoms. The first-order chi connectivity index (χ1) is 14.0. The summed E-state index contributed by atoms with van der Waals surface area (Å²) in [6, 6.07) is 16.3. The largest absolute Gasteiger partial charge is 0.394 e. The van der Waals surface area contributed by atoms with Crippen molar-refractivity contribution in [2.75, 3.05) is 13.2 Å². The average Bonchev–Trinajstić information content (AvgIpc) is 2.97. The molecule has 0 bridgehead atoms. The number of aliphatic hydroxyl groups is 1. The molecule has 1 aliphatic heterocycles. The Morgan fingerprint density at radius 1 is 1.21 bits per heavy atom. The summed E-state index contributed by atoms with van der Waals surface area (Å²) >= 11 is 12.6.